The van der Waals surface area contributed by atoms with Crippen molar-refractivity contribution in [3.8, 4) is 11.4 Å². The Kier molecular flexibility index (Phi) is 2.71. The molecule has 0 atom stereocenters. The molecule has 22 heavy (non-hydrogen) atoms. The molecule has 0 amide bonds. The van der Waals surface area contributed by atoms with E-state index in [9.17, 15) is 4.79 Å². The van der Waals surface area contributed by atoms with Gasteiger partial charge in [-0.3, -0.25) is 4.57 Å². The second kappa shape index (κ2) is 4.51. The zero-order valence-electron chi connectivity index (χ0n) is 12.5. The van der Waals surface area contributed by atoms with Gasteiger partial charge in [-0.1, -0.05) is 30.3 Å². The molecule has 1 aromatic carbocycles. The molecular formula is C16H14N4OS. The minimum Gasteiger partial charge on any atom is -0.286 e. The normalized spacial score (nSPS) is 11.6. The maximum absolute atomic E-state index is 12.5. The molecule has 6 heteroatoms. The highest BCUT2D eigenvalue weighted by Crippen LogP contribution is 2.31. The molecule has 0 spiro atoms. The van der Waals surface area contributed by atoms with Crippen molar-refractivity contribution < 1.29 is 0 Å². The van der Waals surface area contributed by atoms with E-state index in [2.05, 4.69) is 23.9 Å². The lowest BCUT2D eigenvalue weighted by Gasteiger charge is -2.01. The average Bonchev–Trinajstić information content (AvgIpc) is 3.09. The number of fused-ring (bicyclic) bond motifs is 3. The van der Waals surface area contributed by atoms with Crippen molar-refractivity contribution in [3.63, 3.8) is 0 Å². The third kappa shape index (κ3) is 1.67. The third-order valence-electron chi connectivity index (χ3n) is 4.00. The second-order valence-corrected chi connectivity index (χ2v) is 6.55. The van der Waals surface area contributed by atoms with Gasteiger partial charge in [0.2, 0.25) is 0 Å². The number of thiophene rings is 1. The number of nitrogens with zero attached hydrogens (tertiary/aromatic N) is 4. The molecule has 0 aliphatic carbocycles. The lowest BCUT2D eigenvalue weighted by Crippen LogP contribution is -2.24. The molecule has 3 heterocycles. The summed E-state index contributed by atoms with van der Waals surface area (Å²) in [5.74, 6) is 0.577. The number of hydrogen-bond acceptors (Lipinski definition) is 4. The van der Waals surface area contributed by atoms with Gasteiger partial charge >= 0.3 is 5.69 Å². The van der Waals surface area contributed by atoms with Crippen LogP contribution in [0, 0.1) is 13.8 Å². The zero-order valence-corrected chi connectivity index (χ0v) is 13.3. The highest BCUT2D eigenvalue weighted by Gasteiger charge is 2.18. The number of aromatic nitrogens is 4. The first-order valence-electron chi connectivity index (χ1n) is 6.99. The molecule has 0 fully saturated rings. The van der Waals surface area contributed by atoms with E-state index in [0.29, 0.717) is 11.5 Å². The van der Waals surface area contributed by atoms with Gasteiger partial charge in [-0.15, -0.1) is 16.4 Å². The van der Waals surface area contributed by atoms with E-state index in [1.807, 2.05) is 30.3 Å². The standard InChI is InChI=1S/C16H14N4OS/c1-9-10(2)22-15-12(9)14-17-13(11-7-5-4-6-8-11)18-20(14)16(21)19(15)3/h4-8H,1-3H3. The Bertz CT molecular complexity index is 1070. The lowest BCUT2D eigenvalue weighted by molar-refractivity contribution is 0.777. The zero-order chi connectivity index (χ0) is 15.4. The monoisotopic (exact) mass is 310 g/mol. The maximum Gasteiger partial charge on any atom is 0.351 e. The SMILES string of the molecule is Cc1sc2c(c1C)c1nc(-c3ccccc3)nn1c(=O)n2C. The van der Waals surface area contributed by atoms with Gasteiger partial charge in [-0.05, 0) is 19.4 Å². The Balaban J connectivity index is 2.18. The van der Waals surface area contributed by atoms with Crippen molar-refractivity contribution in [1.82, 2.24) is 19.2 Å². The van der Waals surface area contributed by atoms with Gasteiger partial charge in [-0.25, -0.2) is 9.78 Å². The summed E-state index contributed by atoms with van der Waals surface area (Å²) in [4.78, 5) is 19.3. The van der Waals surface area contributed by atoms with E-state index < -0.39 is 0 Å². The van der Waals surface area contributed by atoms with Gasteiger partial charge in [0.05, 0.1) is 5.39 Å². The van der Waals surface area contributed by atoms with Crippen LogP contribution in [0.15, 0.2) is 35.1 Å². The molecule has 0 saturated carbocycles. The topological polar surface area (TPSA) is 52.2 Å². The number of rotatable bonds is 1. The van der Waals surface area contributed by atoms with Crippen LogP contribution < -0.4 is 5.69 Å². The predicted octanol–water partition coefficient (Wildman–Crippen LogP) is 2.93. The fraction of sp³-hybridized carbons (Fsp3) is 0.188. The molecule has 4 aromatic rings. The molecule has 0 saturated heterocycles. The van der Waals surface area contributed by atoms with Crippen LogP contribution in [-0.2, 0) is 7.05 Å². The van der Waals surface area contributed by atoms with E-state index >= 15 is 0 Å². The summed E-state index contributed by atoms with van der Waals surface area (Å²) in [6.45, 7) is 4.13. The predicted molar refractivity (Wildman–Crippen MR) is 88.5 cm³/mol. The molecule has 5 nitrogen and oxygen atoms in total. The highest BCUT2D eigenvalue weighted by molar-refractivity contribution is 7.19. The molecule has 0 aliphatic heterocycles. The van der Waals surface area contributed by atoms with Crippen molar-refractivity contribution in [3.05, 3.63) is 51.3 Å². The van der Waals surface area contributed by atoms with Crippen molar-refractivity contribution >= 4 is 27.2 Å². The molecule has 0 aliphatic rings. The summed E-state index contributed by atoms with van der Waals surface area (Å²) in [5, 5.41) is 5.43. The Hall–Kier alpha value is -2.47. The molecule has 4 rings (SSSR count). The fourth-order valence-electron chi connectivity index (χ4n) is 2.65. The largest absolute Gasteiger partial charge is 0.351 e. The van der Waals surface area contributed by atoms with Gasteiger partial charge in [0.1, 0.15) is 4.83 Å². The Morgan fingerprint density at radius 1 is 1.14 bits per heavy atom. The fourth-order valence-corrected chi connectivity index (χ4v) is 3.76. The number of hydrogen-bond donors (Lipinski definition) is 0. The summed E-state index contributed by atoms with van der Waals surface area (Å²) < 4.78 is 3.06. The number of aryl methyl sites for hydroxylation is 3. The molecule has 0 N–H and O–H groups in total. The van der Waals surface area contributed by atoms with Crippen LogP contribution in [-0.4, -0.2) is 19.2 Å². The first-order chi connectivity index (χ1) is 10.6. The summed E-state index contributed by atoms with van der Waals surface area (Å²) >= 11 is 1.62. The van der Waals surface area contributed by atoms with Gasteiger partial charge in [0, 0.05) is 17.5 Å². The Labute approximate surface area is 130 Å². The molecule has 0 unspecified atom stereocenters. The number of benzene rings is 1. The first kappa shape index (κ1) is 13.2. The van der Waals surface area contributed by atoms with Gasteiger partial charge in [0.25, 0.3) is 0 Å². The molecular weight excluding hydrogens is 296 g/mol. The van der Waals surface area contributed by atoms with Gasteiger partial charge < -0.3 is 0 Å². The van der Waals surface area contributed by atoms with E-state index in [-0.39, 0.29) is 5.69 Å². The lowest BCUT2D eigenvalue weighted by atomic mass is 10.2. The van der Waals surface area contributed by atoms with E-state index in [0.717, 1.165) is 21.3 Å². The minimum atomic E-state index is -0.168. The summed E-state index contributed by atoms with van der Waals surface area (Å²) in [5.41, 5.74) is 2.54. The van der Waals surface area contributed by atoms with Crippen LogP contribution in [0.1, 0.15) is 10.4 Å². The average molecular weight is 310 g/mol. The molecule has 110 valence electrons. The first-order valence-corrected chi connectivity index (χ1v) is 7.80. The van der Waals surface area contributed by atoms with Crippen LogP contribution in [0.5, 0.6) is 0 Å². The van der Waals surface area contributed by atoms with E-state index in [1.54, 1.807) is 23.0 Å². The Morgan fingerprint density at radius 2 is 1.86 bits per heavy atom. The van der Waals surface area contributed by atoms with Crippen molar-refractivity contribution in [1.29, 1.82) is 0 Å². The van der Waals surface area contributed by atoms with Crippen LogP contribution in [0.25, 0.3) is 27.3 Å². The van der Waals surface area contributed by atoms with Crippen LogP contribution in [0.3, 0.4) is 0 Å². The highest BCUT2D eigenvalue weighted by atomic mass is 32.1. The van der Waals surface area contributed by atoms with Gasteiger partial charge in [0.15, 0.2) is 11.5 Å². The summed E-state index contributed by atoms with van der Waals surface area (Å²) in [6.07, 6.45) is 0. The minimum absolute atomic E-state index is 0.168. The second-order valence-electron chi connectivity index (χ2n) is 5.34. The smallest absolute Gasteiger partial charge is 0.286 e. The van der Waals surface area contributed by atoms with E-state index in [4.69, 9.17) is 0 Å². The van der Waals surface area contributed by atoms with Crippen molar-refractivity contribution in [2.75, 3.05) is 0 Å². The van der Waals surface area contributed by atoms with Gasteiger partial charge in [-0.2, -0.15) is 4.52 Å². The van der Waals surface area contributed by atoms with E-state index in [1.165, 1.54) is 9.39 Å². The molecule has 0 radical (unpaired) electrons. The molecule has 0 bridgehead atoms. The summed E-state index contributed by atoms with van der Waals surface area (Å²) in [7, 11) is 1.78. The third-order valence-corrected chi connectivity index (χ3v) is 5.29. The van der Waals surface area contributed by atoms with Crippen molar-refractivity contribution in [2.45, 2.75) is 13.8 Å². The molecule has 3 aromatic heterocycles. The quantitative estimate of drug-likeness (QED) is 0.543. The maximum atomic E-state index is 12.5. The van der Waals surface area contributed by atoms with Crippen LogP contribution in [0.2, 0.25) is 0 Å². The summed E-state index contributed by atoms with van der Waals surface area (Å²) in [6, 6.07) is 9.72. The van der Waals surface area contributed by atoms with Crippen LogP contribution in [0.4, 0.5) is 0 Å². The Morgan fingerprint density at radius 3 is 2.59 bits per heavy atom. The van der Waals surface area contributed by atoms with Crippen molar-refractivity contribution in [2.24, 2.45) is 7.05 Å². The van der Waals surface area contributed by atoms with Crippen LogP contribution >= 0.6 is 11.3 Å².